The summed E-state index contributed by atoms with van der Waals surface area (Å²) < 4.78 is 1.76. The Hall–Kier alpha value is -1.23. The molecule has 1 aromatic heterocycles. The molecule has 1 aromatic rings. The van der Waals surface area contributed by atoms with Gasteiger partial charge in [-0.05, 0) is 0 Å². The predicted octanol–water partition coefficient (Wildman–Crippen LogP) is -0.588. The van der Waals surface area contributed by atoms with Crippen molar-refractivity contribution in [2.75, 3.05) is 36.8 Å². The van der Waals surface area contributed by atoms with Crippen molar-refractivity contribution < 1.29 is 0 Å². The van der Waals surface area contributed by atoms with Crippen molar-refractivity contribution in [1.82, 2.24) is 15.1 Å². The molecule has 5 nitrogen and oxygen atoms in total. The van der Waals surface area contributed by atoms with Crippen LogP contribution in [0.5, 0.6) is 0 Å². The van der Waals surface area contributed by atoms with Crippen molar-refractivity contribution in [2.45, 2.75) is 0 Å². The Labute approximate surface area is 77.5 Å². The highest BCUT2D eigenvalue weighted by molar-refractivity contribution is 5.61. The molecule has 1 saturated heterocycles. The summed E-state index contributed by atoms with van der Waals surface area (Å²) in [5.74, 6) is 0.920. The van der Waals surface area contributed by atoms with Crippen LogP contribution in [-0.2, 0) is 7.05 Å². The zero-order chi connectivity index (χ0) is 9.26. The maximum absolute atomic E-state index is 5.83. The first-order chi connectivity index (χ1) is 6.27. The minimum absolute atomic E-state index is 0.768. The molecule has 0 atom stereocenters. The second-order valence-corrected chi connectivity index (χ2v) is 3.32. The van der Waals surface area contributed by atoms with Crippen molar-refractivity contribution in [2.24, 2.45) is 7.05 Å². The molecule has 1 fully saturated rings. The zero-order valence-electron chi connectivity index (χ0n) is 7.82. The topological polar surface area (TPSA) is 59.1 Å². The second kappa shape index (κ2) is 3.26. The van der Waals surface area contributed by atoms with Gasteiger partial charge in [0.05, 0.1) is 5.69 Å². The van der Waals surface area contributed by atoms with Crippen molar-refractivity contribution in [3.05, 3.63) is 6.20 Å². The van der Waals surface area contributed by atoms with Crippen molar-refractivity contribution >= 4 is 11.5 Å². The van der Waals surface area contributed by atoms with E-state index in [9.17, 15) is 0 Å². The number of aryl methyl sites for hydroxylation is 1. The summed E-state index contributed by atoms with van der Waals surface area (Å²) in [6.45, 7) is 3.99. The largest absolute Gasteiger partial charge is 0.394 e. The normalized spacial score (nSPS) is 17.8. The first-order valence-corrected chi connectivity index (χ1v) is 4.52. The first kappa shape index (κ1) is 8.37. The maximum Gasteiger partial charge on any atom is 0.173 e. The van der Waals surface area contributed by atoms with E-state index in [0.29, 0.717) is 0 Å². The molecule has 2 rings (SSSR count). The highest BCUT2D eigenvalue weighted by atomic mass is 15.4. The van der Waals surface area contributed by atoms with Crippen LogP contribution in [0.2, 0.25) is 0 Å². The average Bonchev–Trinajstić information content (AvgIpc) is 2.47. The molecule has 1 aliphatic rings. The molecule has 0 aliphatic carbocycles. The molecular formula is C8H15N5. The van der Waals surface area contributed by atoms with E-state index in [1.807, 2.05) is 13.2 Å². The third kappa shape index (κ3) is 1.60. The number of piperazine rings is 1. The van der Waals surface area contributed by atoms with Crippen molar-refractivity contribution in [1.29, 1.82) is 0 Å². The van der Waals surface area contributed by atoms with E-state index in [1.165, 1.54) is 0 Å². The molecule has 5 heteroatoms. The molecular weight excluding hydrogens is 166 g/mol. The molecule has 0 aromatic carbocycles. The van der Waals surface area contributed by atoms with Gasteiger partial charge in [-0.25, -0.2) is 0 Å². The Morgan fingerprint density at radius 1 is 1.46 bits per heavy atom. The lowest BCUT2D eigenvalue weighted by Crippen LogP contribution is -2.44. The summed E-state index contributed by atoms with van der Waals surface area (Å²) in [7, 11) is 1.89. The van der Waals surface area contributed by atoms with Gasteiger partial charge in [-0.3, -0.25) is 4.68 Å². The number of hydrogen-bond donors (Lipinski definition) is 2. The fourth-order valence-corrected chi connectivity index (χ4v) is 1.62. The SMILES string of the molecule is Cn1cc(N)c(N2CCNCC2)n1. The summed E-state index contributed by atoms with van der Waals surface area (Å²) in [6, 6.07) is 0. The van der Waals surface area contributed by atoms with E-state index in [-0.39, 0.29) is 0 Å². The number of anilines is 2. The van der Waals surface area contributed by atoms with Gasteiger partial charge in [0.1, 0.15) is 0 Å². The monoisotopic (exact) mass is 181 g/mol. The van der Waals surface area contributed by atoms with Crippen molar-refractivity contribution in [3.63, 3.8) is 0 Å². The molecule has 0 unspecified atom stereocenters. The Kier molecular flexibility index (Phi) is 2.10. The lowest BCUT2D eigenvalue weighted by atomic mass is 10.3. The molecule has 0 amide bonds. The lowest BCUT2D eigenvalue weighted by Gasteiger charge is -2.27. The van der Waals surface area contributed by atoms with E-state index >= 15 is 0 Å². The average molecular weight is 181 g/mol. The fourth-order valence-electron chi connectivity index (χ4n) is 1.62. The molecule has 0 saturated carbocycles. The second-order valence-electron chi connectivity index (χ2n) is 3.32. The summed E-state index contributed by atoms with van der Waals surface area (Å²) in [6.07, 6.45) is 1.84. The smallest absolute Gasteiger partial charge is 0.173 e. The number of nitrogens with one attached hydrogen (secondary N) is 1. The highest BCUT2D eigenvalue weighted by Gasteiger charge is 2.15. The Balaban J connectivity index is 2.18. The fraction of sp³-hybridized carbons (Fsp3) is 0.625. The van der Waals surface area contributed by atoms with E-state index in [1.54, 1.807) is 4.68 Å². The Morgan fingerprint density at radius 2 is 2.15 bits per heavy atom. The third-order valence-electron chi connectivity index (χ3n) is 2.25. The molecule has 13 heavy (non-hydrogen) atoms. The maximum atomic E-state index is 5.83. The van der Waals surface area contributed by atoms with Gasteiger partial charge in [0.15, 0.2) is 5.82 Å². The number of hydrogen-bond acceptors (Lipinski definition) is 4. The minimum Gasteiger partial charge on any atom is -0.394 e. The van der Waals surface area contributed by atoms with Crippen LogP contribution in [0.3, 0.4) is 0 Å². The lowest BCUT2D eigenvalue weighted by molar-refractivity contribution is 0.581. The van der Waals surface area contributed by atoms with Gasteiger partial charge in [-0.1, -0.05) is 0 Å². The summed E-state index contributed by atoms with van der Waals surface area (Å²) in [5.41, 5.74) is 6.59. The van der Waals surface area contributed by atoms with Crippen LogP contribution in [0.25, 0.3) is 0 Å². The predicted molar refractivity (Wildman–Crippen MR) is 52.7 cm³/mol. The number of nitrogens with zero attached hydrogens (tertiary/aromatic N) is 3. The third-order valence-corrected chi connectivity index (χ3v) is 2.25. The Bertz CT molecular complexity index is 287. The zero-order valence-corrected chi connectivity index (χ0v) is 7.82. The first-order valence-electron chi connectivity index (χ1n) is 4.52. The van der Waals surface area contributed by atoms with Crippen LogP contribution in [0.15, 0.2) is 6.20 Å². The summed E-state index contributed by atoms with van der Waals surface area (Å²) >= 11 is 0. The van der Waals surface area contributed by atoms with Gasteiger partial charge in [0.2, 0.25) is 0 Å². The molecule has 0 radical (unpaired) electrons. The molecule has 1 aliphatic heterocycles. The van der Waals surface area contributed by atoms with E-state index in [0.717, 1.165) is 37.7 Å². The van der Waals surface area contributed by atoms with E-state index in [2.05, 4.69) is 15.3 Å². The molecule has 0 bridgehead atoms. The van der Waals surface area contributed by atoms with Crippen LogP contribution in [-0.4, -0.2) is 36.0 Å². The molecule has 3 N–H and O–H groups in total. The Morgan fingerprint density at radius 3 is 2.69 bits per heavy atom. The van der Waals surface area contributed by atoms with Crippen LogP contribution >= 0.6 is 0 Å². The van der Waals surface area contributed by atoms with E-state index in [4.69, 9.17) is 5.73 Å². The van der Waals surface area contributed by atoms with Crippen LogP contribution in [0.1, 0.15) is 0 Å². The van der Waals surface area contributed by atoms with Crippen LogP contribution in [0.4, 0.5) is 11.5 Å². The number of nitrogens with two attached hydrogens (primary N) is 1. The quantitative estimate of drug-likeness (QED) is 0.608. The summed E-state index contributed by atoms with van der Waals surface area (Å²) in [4.78, 5) is 2.21. The minimum atomic E-state index is 0.768. The van der Waals surface area contributed by atoms with Gasteiger partial charge in [0.25, 0.3) is 0 Å². The molecule has 72 valence electrons. The van der Waals surface area contributed by atoms with Crippen LogP contribution in [0, 0.1) is 0 Å². The van der Waals surface area contributed by atoms with Gasteiger partial charge in [0, 0.05) is 39.4 Å². The number of nitrogen functional groups attached to an aromatic ring is 1. The number of rotatable bonds is 1. The molecule has 2 heterocycles. The standard InChI is InChI=1S/C8H15N5/c1-12-6-7(9)8(11-12)13-4-2-10-3-5-13/h6,10H,2-5,9H2,1H3. The van der Waals surface area contributed by atoms with Crippen LogP contribution < -0.4 is 16.0 Å². The van der Waals surface area contributed by atoms with E-state index < -0.39 is 0 Å². The van der Waals surface area contributed by atoms with Crippen molar-refractivity contribution in [3.8, 4) is 0 Å². The number of aromatic nitrogens is 2. The van der Waals surface area contributed by atoms with Gasteiger partial charge in [-0.2, -0.15) is 5.10 Å². The van der Waals surface area contributed by atoms with Gasteiger partial charge < -0.3 is 16.0 Å². The van der Waals surface area contributed by atoms with Gasteiger partial charge in [-0.15, -0.1) is 0 Å². The molecule has 0 spiro atoms. The summed E-state index contributed by atoms with van der Waals surface area (Å²) in [5, 5.41) is 7.62. The highest BCUT2D eigenvalue weighted by Crippen LogP contribution is 2.19. The van der Waals surface area contributed by atoms with Gasteiger partial charge >= 0.3 is 0 Å².